The monoisotopic (exact) mass is 279 g/mol. The third-order valence-electron chi connectivity index (χ3n) is 2.65. The van der Waals surface area contributed by atoms with Crippen LogP contribution in [0.3, 0.4) is 0 Å². The number of hydrogen-bond acceptors (Lipinski definition) is 2. The summed E-state index contributed by atoms with van der Waals surface area (Å²) in [6.07, 6.45) is 0.894. The first-order valence-corrected chi connectivity index (χ1v) is 6.00. The first-order valence-electron chi connectivity index (χ1n) is 5.20. The van der Waals surface area contributed by atoms with Crippen LogP contribution in [0, 0.1) is 0 Å². The Morgan fingerprint density at radius 3 is 2.50 bits per heavy atom. The molecule has 0 amide bonds. The van der Waals surface area contributed by atoms with Crippen molar-refractivity contribution in [2.24, 2.45) is 7.05 Å². The number of benzene rings is 1. The van der Waals surface area contributed by atoms with Crippen LogP contribution in [0.4, 0.5) is 5.82 Å². The summed E-state index contributed by atoms with van der Waals surface area (Å²) in [5.41, 5.74) is 9.24. The maximum absolute atomic E-state index is 5.88. The smallest absolute Gasteiger partial charge is 0.149 e. The minimum atomic E-state index is 0.628. The van der Waals surface area contributed by atoms with Gasteiger partial charge in [-0.05, 0) is 18.6 Å². The predicted molar refractivity (Wildman–Crippen MR) is 70.1 cm³/mol. The van der Waals surface area contributed by atoms with Gasteiger partial charge in [0.05, 0.1) is 5.69 Å². The Morgan fingerprint density at radius 1 is 1.31 bits per heavy atom. The molecule has 0 spiro atoms. The molecule has 1 heterocycles. The van der Waals surface area contributed by atoms with E-state index >= 15 is 0 Å². The largest absolute Gasteiger partial charge is 0.382 e. The van der Waals surface area contributed by atoms with Gasteiger partial charge in [0, 0.05) is 22.6 Å². The Morgan fingerprint density at radius 2 is 1.94 bits per heavy atom. The van der Waals surface area contributed by atoms with E-state index in [4.69, 9.17) is 5.73 Å². The molecular formula is C12H14BrN3. The molecule has 0 aliphatic heterocycles. The average Bonchev–Trinajstić information content (AvgIpc) is 2.54. The molecular weight excluding hydrogens is 266 g/mol. The van der Waals surface area contributed by atoms with Crippen molar-refractivity contribution >= 4 is 21.7 Å². The standard InChI is InChI=1S/C12H14BrN3/c1-3-10-11(16(2)15-12(10)14)8-4-6-9(13)7-5-8/h4-7H,3H2,1-2H3,(H2,14,15). The Hall–Kier alpha value is -1.29. The number of aromatic nitrogens is 2. The van der Waals surface area contributed by atoms with Crippen molar-refractivity contribution in [2.75, 3.05) is 5.73 Å². The highest BCUT2D eigenvalue weighted by Crippen LogP contribution is 2.28. The number of anilines is 1. The second kappa shape index (κ2) is 4.29. The van der Waals surface area contributed by atoms with Gasteiger partial charge < -0.3 is 5.73 Å². The zero-order chi connectivity index (χ0) is 11.7. The summed E-state index contributed by atoms with van der Waals surface area (Å²) in [6, 6.07) is 8.19. The summed E-state index contributed by atoms with van der Waals surface area (Å²) in [4.78, 5) is 0. The Kier molecular flexibility index (Phi) is 3.01. The lowest BCUT2D eigenvalue weighted by Gasteiger charge is -2.05. The van der Waals surface area contributed by atoms with Gasteiger partial charge in [0.25, 0.3) is 0 Å². The lowest BCUT2D eigenvalue weighted by atomic mass is 10.1. The van der Waals surface area contributed by atoms with Crippen LogP contribution in [0.25, 0.3) is 11.3 Å². The van der Waals surface area contributed by atoms with Crippen molar-refractivity contribution in [3.8, 4) is 11.3 Å². The fourth-order valence-corrected chi connectivity index (χ4v) is 2.17. The van der Waals surface area contributed by atoms with Crippen molar-refractivity contribution < 1.29 is 0 Å². The van der Waals surface area contributed by atoms with Gasteiger partial charge in [0.2, 0.25) is 0 Å². The molecule has 2 aromatic rings. The Balaban J connectivity index is 2.59. The number of nitrogens with two attached hydrogens (primary N) is 1. The molecule has 3 nitrogen and oxygen atoms in total. The van der Waals surface area contributed by atoms with Crippen LogP contribution < -0.4 is 5.73 Å². The zero-order valence-electron chi connectivity index (χ0n) is 9.37. The van der Waals surface area contributed by atoms with Crippen molar-refractivity contribution in [1.82, 2.24) is 9.78 Å². The maximum Gasteiger partial charge on any atom is 0.149 e. The first-order chi connectivity index (χ1) is 7.63. The van der Waals surface area contributed by atoms with Gasteiger partial charge in [-0.3, -0.25) is 4.68 Å². The van der Waals surface area contributed by atoms with E-state index < -0.39 is 0 Å². The molecule has 0 fully saturated rings. The normalized spacial score (nSPS) is 10.7. The van der Waals surface area contributed by atoms with E-state index in [1.54, 1.807) is 0 Å². The highest BCUT2D eigenvalue weighted by molar-refractivity contribution is 9.10. The van der Waals surface area contributed by atoms with Crippen LogP contribution in [0.1, 0.15) is 12.5 Å². The maximum atomic E-state index is 5.88. The van der Waals surface area contributed by atoms with Gasteiger partial charge in [-0.15, -0.1) is 0 Å². The van der Waals surface area contributed by atoms with Gasteiger partial charge >= 0.3 is 0 Å². The first kappa shape index (κ1) is 11.2. The van der Waals surface area contributed by atoms with Crippen molar-refractivity contribution in [1.29, 1.82) is 0 Å². The summed E-state index contributed by atoms with van der Waals surface area (Å²) >= 11 is 3.43. The number of aryl methyl sites for hydroxylation is 1. The van der Waals surface area contributed by atoms with Gasteiger partial charge in [0.1, 0.15) is 5.82 Å². The van der Waals surface area contributed by atoms with Gasteiger partial charge in [0.15, 0.2) is 0 Å². The molecule has 0 bridgehead atoms. The molecule has 4 heteroatoms. The van der Waals surface area contributed by atoms with E-state index in [-0.39, 0.29) is 0 Å². The SMILES string of the molecule is CCc1c(N)nn(C)c1-c1ccc(Br)cc1. The number of nitrogens with zero attached hydrogens (tertiary/aromatic N) is 2. The predicted octanol–water partition coefficient (Wildman–Crippen LogP) is 2.99. The van der Waals surface area contributed by atoms with Crippen LogP contribution in [0.15, 0.2) is 28.7 Å². The third-order valence-corrected chi connectivity index (χ3v) is 3.18. The molecule has 84 valence electrons. The summed E-state index contributed by atoms with van der Waals surface area (Å²) in [6.45, 7) is 2.09. The molecule has 2 N–H and O–H groups in total. The average molecular weight is 280 g/mol. The molecule has 0 saturated heterocycles. The molecule has 0 atom stereocenters. The quantitative estimate of drug-likeness (QED) is 0.919. The fraction of sp³-hybridized carbons (Fsp3) is 0.250. The molecule has 0 aliphatic rings. The lowest BCUT2D eigenvalue weighted by molar-refractivity contribution is 0.779. The lowest BCUT2D eigenvalue weighted by Crippen LogP contribution is -1.95. The second-order valence-electron chi connectivity index (χ2n) is 3.70. The van der Waals surface area contributed by atoms with E-state index in [9.17, 15) is 0 Å². The molecule has 2 rings (SSSR count). The van der Waals surface area contributed by atoms with Crippen LogP contribution in [-0.2, 0) is 13.5 Å². The van der Waals surface area contributed by atoms with Crippen LogP contribution >= 0.6 is 15.9 Å². The van der Waals surface area contributed by atoms with Gasteiger partial charge in [-0.25, -0.2) is 0 Å². The topological polar surface area (TPSA) is 43.8 Å². The van der Waals surface area contributed by atoms with E-state index in [0.29, 0.717) is 5.82 Å². The van der Waals surface area contributed by atoms with Gasteiger partial charge in [-0.1, -0.05) is 35.0 Å². The van der Waals surface area contributed by atoms with E-state index in [1.165, 1.54) is 0 Å². The highest BCUT2D eigenvalue weighted by atomic mass is 79.9. The number of rotatable bonds is 2. The van der Waals surface area contributed by atoms with E-state index in [1.807, 2.05) is 23.9 Å². The molecule has 1 aromatic carbocycles. The van der Waals surface area contributed by atoms with Crippen molar-refractivity contribution in [2.45, 2.75) is 13.3 Å². The molecule has 16 heavy (non-hydrogen) atoms. The van der Waals surface area contributed by atoms with Gasteiger partial charge in [-0.2, -0.15) is 5.10 Å². The molecule has 0 saturated carbocycles. The molecule has 0 radical (unpaired) electrons. The van der Waals surface area contributed by atoms with Crippen molar-refractivity contribution in [3.63, 3.8) is 0 Å². The third kappa shape index (κ3) is 1.85. The molecule has 0 unspecified atom stereocenters. The summed E-state index contributed by atoms with van der Waals surface area (Å²) < 4.78 is 2.92. The fourth-order valence-electron chi connectivity index (χ4n) is 1.91. The Bertz CT molecular complexity index is 500. The minimum absolute atomic E-state index is 0.628. The summed E-state index contributed by atoms with van der Waals surface area (Å²) in [5, 5.41) is 4.26. The van der Waals surface area contributed by atoms with Crippen molar-refractivity contribution in [3.05, 3.63) is 34.3 Å². The minimum Gasteiger partial charge on any atom is -0.382 e. The van der Waals surface area contributed by atoms with Crippen LogP contribution in [-0.4, -0.2) is 9.78 Å². The van der Waals surface area contributed by atoms with E-state index in [2.05, 4.69) is 40.1 Å². The number of hydrogen-bond donors (Lipinski definition) is 1. The zero-order valence-corrected chi connectivity index (χ0v) is 11.0. The van der Waals surface area contributed by atoms with Crippen LogP contribution in [0.2, 0.25) is 0 Å². The highest BCUT2D eigenvalue weighted by Gasteiger charge is 2.13. The molecule has 0 aliphatic carbocycles. The number of nitrogen functional groups attached to an aromatic ring is 1. The second-order valence-corrected chi connectivity index (χ2v) is 4.61. The molecule has 1 aromatic heterocycles. The van der Waals surface area contributed by atoms with E-state index in [0.717, 1.165) is 27.7 Å². The number of halogens is 1. The summed E-state index contributed by atoms with van der Waals surface area (Å²) in [7, 11) is 1.92. The Labute approximate surface area is 103 Å². The van der Waals surface area contributed by atoms with Crippen LogP contribution in [0.5, 0.6) is 0 Å². The summed E-state index contributed by atoms with van der Waals surface area (Å²) in [5.74, 6) is 0.628.